The fourth-order valence-electron chi connectivity index (χ4n) is 2.00. The molecule has 0 bridgehead atoms. The van der Waals surface area contributed by atoms with Crippen molar-refractivity contribution in [2.24, 2.45) is 0 Å². The van der Waals surface area contributed by atoms with Crippen LogP contribution in [0.3, 0.4) is 0 Å². The third-order valence-electron chi connectivity index (χ3n) is 2.68. The Bertz CT molecular complexity index is 597. The second-order valence-electron chi connectivity index (χ2n) is 5.43. The summed E-state index contributed by atoms with van der Waals surface area (Å²) in [4.78, 5) is 11.6. The van der Waals surface area contributed by atoms with Crippen molar-refractivity contribution < 1.29 is 9.22 Å². The van der Waals surface area contributed by atoms with E-state index in [0.717, 1.165) is 22.1 Å². The van der Waals surface area contributed by atoms with Gasteiger partial charge in [0.15, 0.2) is 5.78 Å². The Labute approximate surface area is 109 Å². The lowest BCUT2D eigenvalue weighted by molar-refractivity contribution is 0.101. The molecule has 3 heteroatoms. The molecule has 0 aliphatic carbocycles. The molecule has 2 aromatic carbocycles. The van der Waals surface area contributed by atoms with Gasteiger partial charge in [-0.2, -0.15) is 0 Å². The standard InChI is InChI=1S/C15H18O2Si/c1-11(16)12-9-10-15(17-18(2,3)4)14-8-6-5-7-13(12)14/h5-10H,1-4H3. The Hall–Kier alpha value is -1.61. The number of hydrogen-bond donors (Lipinski definition) is 0. The van der Waals surface area contributed by atoms with Crippen LogP contribution in [0, 0.1) is 0 Å². The van der Waals surface area contributed by atoms with Gasteiger partial charge in [0, 0.05) is 10.9 Å². The van der Waals surface area contributed by atoms with Crippen molar-refractivity contribution in [3.05, 3.63) is 42.0 Å². The highest BCUT2D eigenvalue weighted by molar-refractivity contribution is 6.70. The first-order valence-corrected chi connectivity index (χ1v) is 9.51. The number of carbonyl (C=O) groups is 1. The lowest BCUT2D eigenvalue weighted by atomic mass is 10.0. The number of Topliss-reactive ketones (excluding diaryl/α,β-unsaturated/α-hetero) is 1. The summed E-state index contributed by atoms with van der Waals surface area (Å²) in [6.07, 6.45) is 0. The summed E-state index contributed by atoms with van der Waals surface area (Å²) in [6, 6.07) is 11.7. The highest BCUT2D eigenvalue weighted by Crippen LogP contribution is 2.30. The van der Waals surface area contributed by atoms with Gasteiger partial charge in [-0.1, -0.05) is 24.3 Å². The molecule has 0 fully saturated rings. The molecule has 0 saturated heterocycles. The van der Waals surface area contributed by atoms with Crippen LogP contribution >= 0.6 is 0 Å². The number of rotatable bonds is 3. The van der Waals surface area contributed by atoms with Gasteiger partial charge in [-0.25, -0.2) is 0 Å². The van der Waals surface area contributed by atoms with Gasteiger partial charge in [-0.15, -0.1) is 0 Å². The van der Waals surface area contributed by atoms with Crippen LogP contribution in [-0.2, 0) is 0 Å². The van der Waals surface area contributed by atoms with Crippen LogP contribution in [0.15, 0.2) is 36.4 Å². The predicted molar refractivity (Wildman–Crippen MR) is 77.9 cm³/mol. The molecule has 0 unspecified atom stereocenters. The van der Waals surface area contributed by atoms with E-state index < -0.39 is 8.32 Å². The predicted octanol–water partition coefficient (Wildman–Crippen LogP) is 4.26. The van der Waals surface area contributed by atoms with Crippen LogP contribution in [0.4, 0.5) is 0 Å². The van der Waals surface area contributed by atoms with Gasteiger partial charge in [-0.05, 0) is 44.1 Å². The highest BCUT2D eigenvalue weighted by Gasteiger charge is 2.18. The number of ketones is 1. The van der Waals surface area contributed by atoms with Crippen molar-refractivity contribution in [3.63, 3.8) is 0 Å². The summed E-state index contributed by atoms with van der Waals surface area (Å²) in [5, 5.41) is 1.99. The molecular weight excluding hydrogens is 240 g/mol. The molecule has 0 atom stereocenters. The topological polar surface area (TPSA) is 26.3 Å². The van der Waals surface area contributed by atoms with Crippen molar-refractivity contribution in [1.82, 2.24) is 0 Å². The van der Waals surface area contributed by atoms with Crippen molar-refractivity contribution in [1.29, 1.82) is 0 Å². The monoisotopic (exact) mass is 258 g/mol. The van der Waals surface area contributed by atoms with Crippen LogP contribution in [0.25, 0.3) is 10.8 Å². The summed E-state index contributed by atoms with van der Waals surface area (Å²) < 4.78 is 6.08. The molecule has 0 aliphatic heterocycles. The second-order valence-corrected chi connectivity index (χ2v) is 9.86. The summed E-state index contributed by atoms with van der Waals surface area (Å²) in [6.45, 7) is 8.06. The van der Waals surface area contributed by atoms with Crippen LogP contribution in [-0.4, -0.2) is 14.1 Å². The fraction of sp³-hybridized carbons (Fsp3) is 0.267. The molecule has 0 radical (unpaired) electrons. The van der Waals surface area contributed by atoms with Gasteiger partial charge in [0.25, 0.3) is 0 Å². The number of hydrogen-bond acceptors (Lipinski definition) is 2. The maximum absolute atomic E-state index is 11.6. The molecule has 0 heterocycles. The zero-order chi connectivity index (χ0) is 13.3. The molecule has 2 nitrogen and oxygen atoms in total. The van der Waals surface area contributed by atoms with Crippen molar-refractivity contribution >= 4 is 24.9 Å². The van der Waals surface area contributed by atoms with Crippen molar-refractivity contribution in [3.8, 4) is 5.75 Å². The fourth-order valence-corrected chi connectivity index (χ4v) is 2.84. The van der Waals surface area contributed by atoms with Crippen LogP contribution in [0.1, 0.15) is 17.3 Å². The number of benzene rings is 2. The minimum Gasteiger partial charge on any atom is -0.544 e. The van der Waals surface area contributed by atoms with E-state index in [0.29, 0.717) is 0 Å². The summed E-state index contributed by atoms with van der Waals surface area (Å²) in [5.74, 6) is 0.973. The average molecular weight is 258 g/mol. The molecule has 0 N–H and O–H groups in total. The lowest BCUT2D eigenvalue weighted by Gasteiger charge is -2.21. The molecule has 2 aromatic rings. The molecule has 0 spiro atoms. The van der Waals surface area contributed by atoms with E-state index in [1.807, 2.05) is 36.4 Å². The van der Waals surface area contributed by atoms with E-state index in [1.54, 1.807) is 6.92 Å². The SMILES string of the molecule is CC(=O)c1ccc(O[Si](C)(C)C)c2ccccc12. The molecule has 0 aliphatic rings. The molecule has 2 rings (SSSR count). The Kier molecular flexibility index (Phi) is 3.26. The van der Waals surface area contributed by atoms with Gasteiger partial charge < -0.3 is 4.43 Å². The molecule has 94 valence electrons. The van der Waals surface area contributed by atoms with E-state index in [4.69, 9.17) is 4.43 Å². The van der Waals surface area contributed by atoms with E-state index in [9.17, 15) is 4.79 Å². The summed E-state index contributed by atoms with van der Waals surface area (Å²) in [5.41, 5.74) is 0.758. The minimum atomic E-state index is -1.64. The highest BCUT2D eigenvalue weighted by atomic mass is 28.4. The third kappa shape index (κ3) is 2.62. The van der Waals surface area contributed by atoms with E-state index in [1.165, 1.54) is 0 Å². The quantitative estimate of drug-likeness (QED) is 0.607. The molecule has 0 saturated carbocycles. The molecular formula is C15H18O2Si. The van der Waals surface area contributed by atoms with Crippen molar-refractivity contribution in [2.45, 2.75) is 26.6 Å². The van der Waals surface area contributed by atoms with Crippen LogP contribution in [0.2, 0.25) is 19.6 Å². The van der Waals surface area contributed by atoms with Crippen LogP contribution in [0.5, 0.6) is 5.75 Å². The molecule has 0 amide bonds. The van der Waals surface area contributed by atoms with Gasteiger partial charge in [0.2, 0.25) is 8.32 Å². The summed E-state index contributed by atoms with van der Waals surface area (Å²) in [7, 11) is -1.64. The molecule has 0 aromatic heterocycles. The number of carbonyl (C=O) groups excluding carboxylic acids is 1. The first-order chi connectivity index (χ1) is 8.38. The van der Waals surface area contributed by atoms with E-state index in [2.05, 4.69) is 19.6 Å². The largest absolute Gasteiger partial charge is 0.544 e. The van der Waals surface area contributed by atoms with Crippen molar-refractivity contribution in [2.75, 3.05) is 0 Å². The maximum Gasteiger partial charge on any atom is 0.242 e. The Morgan fingerprint density at radius 2 is 1.61 bits per heavy atom. The molecule has 18 heavy (non-hydrogen) atoms. The van der Waals surface area contributed by atoms with Gasteiger partial charge in [0.05, 0.1) is 0 Å². The Morgan fingerprint density at radius 3 is 2.17 bits per heavy atom. The lowest BCUT2D eigenvalue weighted by Crippen LogP contribution is -2.29. The second kappa shape index (κ2) is 4.57. The Morgan fingerprint density at radius 1 is 1.00 bits per heavy atom. The first-order valence-electron chi connectivity index (χ1n) is 6.10. The summed E-state index contributed by atoms with van der Waals surface area (Å²) >= 11 is 0. The Balaban J connectivity index is 2.65. The number of fused-ring (bicyclic) bond motifs is 1. The van der Waals surface area contributed by atoms with Crippen LogP contribution < -0.4 is 4.43 Å². The zero-order valence-electron chi connectivity index (χ0n) is 11.3. The third-order valence-corrected chi connectivity index (χ3v) is 3.51. The zero-order valence-corrected chi connectivity index (χ0v) is 12.3. The normalized spacial score (nSPS) is 11.6. The average Bonchev–Trinajstić information content (AvgIpc) is 2.27. The van der Waals surface area contributed by atoms with Gasteiger partial charge >= 0.3 is 0 Å². The van der Waals surface area contributed by atoms with Gasteiger partial charge in [-0.3, -0.25) is 4.79 Å². The van der Waals surface area contributed by atoms with E-state index >= 15 is 0 Å². The minimum absolute atomic E-state index is 0.0887. The maximum atomic E-state index is 11.6. The smallest absolute Gasteiger partial charge is 0.242 e. The van der Waals surface area contributed by atoms with Gasteiger partial charge in [0.1, 0.15) is 5.75 Å². The first kappa shape index (κ1) is 12.8. The van der Waals surface area contributed by atoms with E-state index in [-0.39, 0.29) is 5.78 Å².